The Morgan fingerprint density at radius 3 is 3.08 bits per heavy atom. The Hall–Kier alpha value is -0.230. The molecule has 2 nitrogen and oxygen atoms in total. The van der Waals surface area contributed by atoms with Gasteiger partial charge in [-0.05, 0) is 48.0 Å². The summed E-state index contributed by atoms with van der Waals surface area (Å²) in [6.07, 6.45) is 3.64. The Labute approximate surface area is 90.1 Å². The SMILES string of the molecule is Fc1nccc(I)c1[C@@H]1CCCN1. The highest BCUT2D eigenvalue weighted by Crippen LogP contribution is 2.28. The zero-order valence-corrected chi connectivity index (χ0v) is 9.21. The summed E-state index contributed by atoms with van der Waals surface area (Å²) < 4.78 is 14.3. The monoisotopic (exact) mass is 292 g/mol. The fourth-order valence-corrected chi connectivity index (χ4v) is 2.43. The van der Waals surface area contributed by atoms with E-state index in [1.165, 1.54) is 6.20 Å². The molecule has 4 heteroatoms. The fourth-order valence-electron chi connectivity index (χ4n) is 1.67. The van der Waals surface area contributed by atoms with E-state index in [4.69, 9.17) is 0 Å². The molecule has 1 aliphatic heterocycles. The number of aromatic nitrogens is 1. The number of hydrogen-bond donors (Lipinski definition) is 1. The summed E-state index contributed by atoms with van der Waals surface area (Å²) >= 11 is 2.16. The van der Waals surface area contributed by atoms with Crippen LogP contribution in [-0.4, -0.2) is 11.5 Å². The topological polar surface area (TPSA) is 24.9 Å². The summed E-state index contributed by atoms with van der Waals surface area (Å²) in [5, 5.41) is 3.27. The molecule has 0 bridgehead atoms. The standard InChI is InChI=1S/C9H10FIN2/c10-9-8(6(11)3-5-13-9)7-2-1-4-12-7/h3,5,7,12H,1-2,4H2/t7-/m0/s1. The molecule has 0 aliphatic carbocycles. The van der Waals surface area contributed by atoms with Crippen LogP contribution in [0, 0.1) is 9.52 Å². The molecule has 2 rings (SSSR count). The van der Waals surface area contributed by atoms with Crippen LogP contribution < -0.4 is 5.32 Å². The van der Waals surface area contributed by atoms with Crippen molar-refractivity contribution in [3.63, 3.8) is 0 Å². The van der Waals surface area contributed by atoms with Crippen LogP contribution in [0.4, 0.5) is 4.39 Å². The van der Waals surface area contributed by atoms with Crippen LogP contribution in [0.25, 0.3) is 0 Å². The van der Waals surface area contributed by atoms with Gasteiger partial charge < -0.3 is 5.32 Å². The third-order valence-electron chi connectivity index (χ3n) is 2.30. The minimum Gasteiger partial charge on any atom is -0.310 e. The molecule has 1 atom stereocenters. The first kappa shape index (κ1) is 9.33. The molecule has 0 saturated carbocycles. The Balaban J connectivity index is 2.37. The average Bonchev–Trinajstić information content (AvgIpc) is 2.57. The van der Waals surface area contributed by atoms with E-state index in [9.17, 15) is 4.39 Å². The van der Waals surface area contributed by atoms with Crippen molar-refractivity contribution in [3.8, 4) is 0 Å². The number of halogens is 2. The Morgan fingerprint density at radius 2 is 2.46 bits per heavy atom. The van der Waals surface area contributed by atoms with Gasteiger partial charge >= 0.3 is 0 Å². The molecule has 0 amide bonds. The first-order valence-electron chi connectivity index (χ1n) is 4.32. The molecule has 1 aromatic heterocycles. The van der Waals surface area contributed by atoms with Crippen molar-refractivity contribution in [2.45, 2.75) is 18.9 Å². The molecular formula is C9H10FIN2. The molecule has 0 radical (unpaired) electrons. The molecular weight excluding hydrogens is 282 g/mol. The quantitative estimate of drug-likeness (QED) is 0.634. The normalized spacial score (nSPS) is 22.2. The highest BCUT2D eigenvalue weighted by Gasteiger charge is 2.22. The minimum atomic E-state index is -0.327. The van der Waals surface area contributed by atoms with Gasteiger partial charge in [0.2, 0.25) is 5.95 Å². The maximum absolute atomic E-state index is 13.3. The second kappa shape index (κ2) is 3.88. The van der Waals surface area contributed by atoms with Crippen LogP contribution in [0.2, 0.25) is 0 Å². The lowest BCUT2D eigenvalue weighted by atomic mass is 10.1. The van der Waals surface area contributed by atoms with Crippen LogP contribution in [-0.2, 0) is 0 Å². The Kier molecular flexibility index (Phi) is 2.78. The summed E-state index contributed by atoms with van der Waals surface area (Å²) in [6.45, 7) is 0.981. The Morgan fingerprint density at radius 1 is 1.62 bits per heavy atom. The van der Waals surface area contributed by atoms with Crippen molar-refractivity contribution in [2.75, 3.05) is 6.54 Å². The van der Waals surface area contributed by atoms with E-state index >= 15 is 0 Å². The van der Waals surface area contributed by atoms with E-state index < -0.39 is 0 Å². The summed E-state index contributed by atoms with van der Waals surface area (Å²) in [5.41, 5.74) is 0.737. The number of rotatable bonds is 1. The molecule has 1 aromatic rings. The van der Waals surface area contributed by atoms with Crippen molar-refractivity contribution in [2.24, 2.45) is 0 Å². The van der Waals surface area contributed by atoms with Crippen molar-refractivity contribution in [1.82, 2.24) is 10.3 Å². The second-order valence-electron chi connectivity index (χ2n) is 3.15. The maximum atomic E-state index is 13.3. The number of nitrogens with zero attached hydrogens (tertiary/aromatic N) is 1. The first-order chi connectivity index (χ1) is 6.29. The molecule has 1 N–H and O–H groups in total. The predicted octanol–water partition coefficient (Wildman–Crippen LogP) is 2.25. The molecule has 1 saturated heterocycles. The number of pyridine rings is 1. The summed E-state index contributed by atoms with van der Waals surface area (Å²) in [6, 6.07) is 2.01. The van der Waals surface area contributed by atoms with E-state index in [2.05, 4.69) is 32.9 Å². The van der Waals surface area contributed by atoms with E-state index in [1.54, 1.807) is 0 Å². The molecule has 1 aliphatic rings. The van der Waals surface area contributed by atoms with Crippen LogP contribution in [0.15, 0.2) is 12.3 Å². The third-order valence-corrected chi connectivity index (χ3v) is 3.24. The van der Waals surface area contributed by atoms with Gasteiger partial charge in [0, 0.05) is 21.4 Å². The van der Waals surface area contributed by atoms with Gasteiger partial charge in [-0.3, -0.25) is 0 Å². The van der Waals surface area contributed by atoms with Gasteiger partial charge in [-0.25, -0.2) is 4.98 Å². The van der Waals surface area contributed by atoms with Crippen LogP contribution in [0.5, 0.6) is 0 Å². The van der Waals surface area contributed by atoms with E-state index in [0.29, 0.717) is 0 Å². The van der Waals surface area contributed by atoms with Crippen LogP contribution >= 0.6 is 22.6 Å². The van der Waals surface area contributed by atoms with Gasteiger partial charge in [0.15, 0.2) is 0 Å². The second-order valence-corrected chi connectivity index (χ2v) is 4.31. The van der Waals surface area contributed by atoms with Crippen LogP contribution in [0.3, 0.4) is 0 Å². The van der Waals surface area contributed by atoms with Crippen molar-refractivity contribution < 1.29 is 4.39 Å². The van der Waals surface area contributed by atoms with Gasteiger partial charge in [-0.15, -0.1) is 0 Å². The van der Waals surface area contributed by atoms with E-state index in [1.807, 2.05) is 6.07 Å². The lowest BCUT2D eigenvalue weighted by molar-refractivity contribution is 0.525. The van der Waals surface area contributed by atoms with Gasteiger partial charge in [0.25, 0.3) is 0 Å². The van der Waals surface area contributed by atoms with Gasteiger partial charge in [-0.1, -0.05) is 0 Å². The molecule has 2 heterocycles. The third kappa shape index (κ3) is 1.83. The molecule has 0 aromatic carbocycles. The van der Waals surface area contributed by atoms with E-state index in [0.717, 1.165) is 28.5 Å². The molecule has 0 unspecified atom stereocenters. The molecule has 13 heavy (non-hydrogen) atoms. The van der Waals surface area contributed by atoms with Gasteiger partial charge in [0.05, 0.1) is 0 Å². The largest absolute Gasteiger partial charge is 0.310 e. The lowest BCUT2D eigenvalue weighted by Crippen LogP contribution is -2.16. The van der Waals surface area contributed by atoms with Crippen molar-refractivity contribution in [3.05, 3.63) is 27.3 Å². The molecule has 1 fully saturated rings. The van der Waals surface area contributed by atoms with Crippen molar-refractivity contribution >= 4 is 22.6 Å². The highest BCUT2D eigenvalue weighted by molar-refractivity contribution is 14.1. The summed E-state index contributed by atoms with van der Waals surface area (Å²) in [5.74, 6) is -0.327. The fraction of sp³-hybridized carbons (Fsp3) is 0.444. The molecule has 0 spiro atoms. The van der Waals surface area contributed by atoms with Crippen LogP contribution in [0.1, 0.15) is 24.4 Å². The predicted molar refractivity (Wildman–Crippen MR) is 56.9 cm³/mol. The minimum absolute atomic E-state index is 0.167. The lowest BCUT2D eigenvalue weighted by Gasteiger charge is -2.12. The first-order valence-corrected chi connectivity index (χ1v) is 5.40. The summed E-state index contributed by atoms with van der Waals surface area (Å²) in [7, 11) is 0. The smallest absolute Gasteiger partial charge is 0.218 e. The van der Waals surface area contributed by atoms with Crippen molar-refractivity contribution in [1.29, 1.82) is 0 Å². The zero-order chi connectivity index (χ0) is 9.26. The van der Waals surface area contributed by atoms with Gasteiger partial charge in [0.1, 0.15) is 0 Å². The highest BCUT2D eigenvalue weighted by atomic mass is 127. The van der Waals surface area contributed by atoms with Gasteiger partial charge in [-0.2, -0.15) is 4.39 Å². The zero-order valence-electron chi connectivity index (χ0n) is 7.06. The summed E-state index contributed by atoms with van der Waals surface area (Å²) in [4.78, 5) is 3.67. The Bertz CT molecular complexity index is 290. The maximum Gasteiger partial charge on any atom is 0.218 e. The average molecular weight is 292 g/mol. The number of nitrogens with one attached hydrogen (secondary N) is 1. The number of hydrogen-bond acceptors (Lipinski definition) is 2. The van der Waals surface area contributed by atoms with E-state index in [-0.39, 0.29) is 12.0 Å². The molecule has 70 valence electrons.